The molecule has 0 spiro atoms. The third-order valence-corrected chi connectivity index (χ3v) is 5.11. The molecule has 6 heteroatoms. The van der Waals surface area contributed by atoms with Gasteiger partial charge in [0.25, 0.3) is 0 Å². The van der Waals surface area contributed by atoms with E-state index in [1.54, 1.807) is 6.92 Å². The Morgan fingerprint density at radius 3 is 2.45 bits per heavy atom. The Labute approximate surface area is 170 Å². The van der Waals surface area contributed by atoms with Crippen LogP contribution in [-0.2, 0) is 4.79 Å². The molecule has 0 unspecified atom stereocenters. The van der Waals surface area contributed by atoms with Crippen molar-refractivity contribution in [2.24, 2.45) is 0 Å². The van der Waals surface area contributed by atoms with E-state index in [0.29, 0.717) is 0 Å². The first kappa shape index (κ1) is 21.1. The summed E-state index contributed by atoms with van der Waals surface area (Å²) in [5.41, 5.74) is 1.48. The molecule has 0 bridgehead atoms. The molecular formula is C23H27F2N3O. The first-order valence-electron chi connectivity index (χ1n) is 9.92. The minimum absolute atomic E-state index is 0.154. The molecule has 1 saturated heterocycles. The first-order valence-corrected chi connectivity index (χ1v) is 9.92. The van der Waals surface area contributed by atoms with Gasteiger partial charge in [0.15, 0.2) is 0 Å². The lowest BCUT2D eigenvalue weighted by atomic mass is 10.1. The number of amides is 1. The standard InChI is InChI=1S/C23H27F2N3O/c1-18(21-10-9-20(24)16-22(21)25)26-23(29)17-28-14-12-27(13-15-28)11-5-8-19-6-3-2-4-7-19/h2-10,16,18H,11-15,17H2,1H3,(H,26,29)/b8-5+/t18-/m1/s1. The molecule has 0 saturated carbocycles. The van der Waals surface area contributed by atoms with Crippen molar-refractivity contribution in [2.75, 3.05) is 39.3 Å². The molecule has 1 N–H and O–H groups in total. The smallest absolute Gasteiger partial charge is 0.234 e. The minimum atomic E-state index is -0.644. The Kier molecular flexibility index (Phi) is 7.49. The summed E-state index contributed by atoms with van der Waals surface area (Å²) in [4.78, 5) is 16.8. The van der Waals surface area contributed by atoms with E-state index in [1.165, 1.54) is 17.7 Å². The van der Waals surface area contributed by atoms with Crippen LogP contribution in [0.3, 0.4) is 0 Å². The van der Waals surface area contributed by atoms with E-state index in [1.807, 2.05) is 18.2 Å². The van der Waals surface area contributed by atoms with Crippen LogP contribution in [0, 0.1) is 11.6 Å². The maximum atomic E-state index is 13.9. The van der Waals surface area contributed by atoms with Gasteiger partial charge in [-0.3, -0.25) is 14.6 Å². The van der Waals surface area contributed by atoms with Gasteiger partial charge in [-0.25, -0.2) is 8.78 Å². The van der Waals surface area contributed by atoms with E-state index >= 15 is 0 Å². The van der Waals surface area contributed by atoms with E-state index in [4.69, 9.17) is 0 Å². The average molecular weight is 399 g/mol. The Morgan fingerprint density at radius 1 is 1.07 bits per heavy atom. The number of rotatable bonds is 7. The maximum absolute atomic E-state index is 13.9. The van der Waals surface area contributed by atoms with Gasteiger partial charge >= 0.3 is 0 Å². The Bertz CT molecular complexity index is 833. The van der Waals surface area contributed by atoms with Gasteiger partial charge < -0.3 is 5.32 Å². The summed E-state index contributed by atoms with van der Waals surface area (Å²) in [6, 6.07) is 13.1. The summed E-state index contributed by atoms with van der Waals surface area (Å²) in [6.45, 7) is 6.28. The number of carbonyl (C=O) groups is 1. The topological polar surface area (TPSA) is 35.6 Å². The zero-order chi connectivity index (χ0) is 20.6. The van der Waals surface area contributed by atoms with Gasteiger partial charge in [-0.15, -0.1) is 0 Å². The van der Waals surface area contributed by atoms with Crippen molar-refractivity contribution in [3.8, 4) is 0 Å². The SMILES string of the molecule is C[C@@H](NC(=O)CN1CCN(C/C=C/c2ccccc2)CC1)c1ccc(F)cc1F. The summed E-state index contributed by atoms with van der Waals surface area (Å²) < 4.78 is 26.9. The molecule has 3 rings (SSSR count). The number of hydrogen-bond donors (Lipinski definition) is 1. The molecule has 1 fully saturated rings. The summed E-state index contributed by atoms with van der Waals surface area (Å²) in [6.07, 6.45) is 4.28. The minimum Gasteiger partial charge on any atom is -0.348 e. The average Bonchev–Trinajstić information content (AvgIpc) is 2.70. The van der Waals surface area contributed by atoms with E-state index in [9.17, 15) is 13.6 Å². The Hall–Kier alpha value is -2.57. The number of halogens is 2. The molecule has 2 aromatic carbocycles. The number of hydrogen-bond acceptors (Lipinski definition) is 3. The largest absolute Gasteiger partial charge is 0.348 e. The van der Waals surface area contributed by atoms with Crippen molar-refractivity contribution in [1.29, 1.82) is 0 Å². The molecule has 1 aliphatic rings. The highest BCUT2D eigenvalue weighted by atomic mass is 19.1. The van der Waals surface area contributed by atoms with Crippen LogP contribution in [0.5, 0.6) is 0 Å². The van der Waals surface area contributed by atoms with Crippen molar-refractivity contribution in [1.82, 2.24) is 15.1 Å². The normalized spacial score (nSPS) is 16.8. The fourth-order valence-electron chi connectivity index (χ4n) is 3.45. The van der Waals surface area contributed by atoms with E-state index < -0.39 is 17.7 Å². The van der Waals surface area contributed by atoms with Gasteiger partial charge in [-0.05, 0) is 18.6 Å². The second-order valence-corrected chi connectivity index (χ2v) is 7.34. The molecule has 29 heavy (non-hydrogen) atoms. The highest BCUT2D eigenvalue weighted by Crippen LogP contribution is 2.17. The molecule has 1 aliphatic heterocycles. The van der Waals surface area contributed by atoms with Crippen LogP contribution in [0.15, 0.2) is 54.6 Å². The number of piperazine rings is 1. The molecule has 0 aromatic heterocycles. The van der Waals surface area contributed by atoms with Crippen LogP contribution in [0.2, 0.25) is 0 Å². The summed E-state index contributed by atoms with van der Waals surface area (Å²) in [5, 5.41) is 2.80. The van der Waals surface area contributed by atoms with Gasteiger partial charge in [0.1, 0.15) is 11.6 Å². The van der Waals surface area contributed by atoms with Crippen molar-refractivity contribution in [3.05, 3.63) is 77.4 Å². The van der Waals surface area contributed by atoms with E-state index in [-0.39, 0.29) is 18.0 Å². The fourth-order valence-corrected chi connectivity index (χ4v) is 3.45. The predicted octanol–water partition coefficient (Wildman–Crippen LogP) is 3.47. The lowest BCUT2D eigenvalue weighted by Gasteiger charge is -2.33. The molecule has 0 aliphatic carbocycles. The van der Waals surface area contributed by atoms with Crippen LogP contribution in [-0.4, -0.2) is 55.0 Å². The van der Waals surface area contributed by atoms with Crippen molar-refractivity contribution in [2.45, 2.75) is 13.0 Å². The van der Waals surface area contributed by atoms with Gasteiger partial charge in [0.2, 0.25) is 5.91 Å². The highest BCUT2D eigenvalue weighted by Gasteiger charge is 2.20. The first-order chi connectivity index (χ1) is 14.0. The van der Waals surface area contributed by atoms with Gasteiger partial charge in [-0.2, -0.15) is 0 Å². The summed E-state index contributed by atoms with van der Waals surface area (Å²) >= 11 is 0. The Morgan fingerprint density at radius 2 is 1.76 bits per heavy atom. The van der Waals surface area contributed by atoms with Crippen molar-refractivity contribution in [3.63, 3.8) is 0 Å². The van der Waals surface area contributed by atoms with Crippen LogP contribution < -0.4 is 5.32 Å². The number of benzene rings is 2. The number of nitrogens with one attached hydrogen (secondary N) is 1. The summed E-state index contributed by atoms with van der Waals surface area (Å²) in [7, 11) is 0. The molecule has 4 nitrogen and oxygen atoms in total. The number of nitrogens with zero attached hydrogens (tertiary/aromatic N) is 2. The molecule has 1 atom stereocenters. The van der Waals surface area contributed by atoms with Crippen molar-refractivity contribution < 1.29 is 13.6 Å². The van der Waals surface area contributed by atoms with Gasteiger partial charge in [0, 0.05) is 44.4 Å². The molecule has 2 aromatic rings. The monoisotopic (exact) mass is 399 g/mol. The van der Waals surface area contributed by atoms with Gasteiger partial charge in [-0.1, -0.05) is 48.6 Å². The number of carbonyl (C=O) groups excluding carboxylic acids is 1. The third kappa shape index (κ3) is 6.48. The van der Waals surface area contributed by atoms with Crippen LogP contribution in [0.25, 0.3) is 6.08 Å². The predicted molar refractivity (Wildman–Crippen MR) is 111 cm³/mol. The fraction of sp³-hybridized carbons (Fsp3) is 0.348. The highest BCUT2D eigenvalue weighted by molar-refractivity contribution is 5.78. The lowest BCUT2D eigenvalue weighted by Crippen LogP contribution is -2.49. The second kappa shape index (κ2) is 10.3. The van der Waals surface area contributed by atoms with Crippen molar-refractivity contribution >= 4 is 12.0 Å². The quantitative estimate of drug-likeness (QED) is 0.774. The van der Waals surface area contributed by atoms with Crippen LogP contribution in [0.1, 0.15) is 24.1 Å². The molecular weight excluding hydrogens is 372 g/mol. The zero-order valence-corrected chi connectivity index (χ0v) is 16.7. The van der Waals surface area contributed by atoms with Crippen LogP contribution >= 0.6 is 0 Å². The molecule has 0 radical (unpaired) electrons. The van der Waals surface area contributed by atoms with E-state index in [0.717, 1.165) is 38.8 Å². The summed E-state index contributed by atoms with van der Waals surface area (Å²) in [5.74, 6) is -1.42. The second-order valence-electron chi connectivity index (χ2n) is 7.34. The van der Waals surface area contributed by atoms with Gasteiger partial charge in [0.05, 0.1) is 12.6 Å². The molecule has 154 valence electrons. The van der Waals surface area contributed by atoms with Crippen LogP contribution in [0.4, 0.5) is 8.78 Å². The molecule has 1 amide bonds. The van der Waals surface area contributed by atoms with E-state index in [2.05, 4.69) is 39.4 Å². The third-order valence-electron chi connectivity index (χ3n) is 5.11. The zero-order valence-electron chi connectivity index (χ0n) is 16.7. The Balaban J connectivity index is 1.39. The lowest BCUT2D eigenvalue weighted by molar-refractivity contribution is -0.123. The maximum Gasteiger partial charge on any atom is 0.234 e. The molecule has 1 heterocycles.